The molecule has 7 nitrogen and oxygen atoms in total. The number of urea groups is 1. The number of amidine groups is 1. The molecule has 130 valence electrons. The summed E-state index contributed by atoms with van der Waals surface area (Å²) in [5.74, 6) is 1.79. The van der Waals surface area contributed by atoms with Gasteiger partial charge in [0.2, 0.25) is 11.9 Å². The van der Waals surface area contributed by atoms with Crippen molar-refractivity contribution in [1.82, 2.24) is 14.4 Å². The van der Waals surface area contributed by atoms with Gasteiger partial charge in [-0.15, -0.1) is 0 Å². The lowest BCUT2D eigenvalue weighted by molar-refractivity contribution is -0.677. The summed E-state index contributed by atoms with van der Waals surface area (Å²) in [4.78, 5) is 33.0. The van der Waals surface area contributed by atoms with Gasteiger partial charge in [0.25, 0.3) is 5.91 Å². The Morgan fingerprint density at radius 1 is 1.17 bits per heavy atom. The number of carbonyl (C=O) groups excluding carboxylic acids is 2. The number of hydrogen-bond donors (Lipinski definition) is 0. The van der Waals surface area contributed by atoms with Crippen molar-refractivity contribution >= 4 is 23.7 Å². The number of likely N-dealkylation sites (N-methyl/N-ethyl adjacent to an activating group) is 1. The summed E-state index contributed by atoms with van der Waals surface area (Å²) in [6.45, 7) is 11.6. The Morgan fingerprint density at radius 3 is 2.38 bits per heavy atom. The molecular weight excluding hydrogens is 306 g/mol. The molecule has 3 rings (SSSR count). The molecule has 0 saturated carbocycles. The molecule has 3 amide bonds. The van der Waals surface area contributed by atoms with Crippen LogP contribution in [0.1, 0.15) is 39.4 Å². The molecule has 3 heterocycles. The van der Waals surface area contributed by atoms with Crippen molar-refractivity contribution in [2.24, 2.45) is 16.8 Å². The largest absolute Gasteiger partial charge is 0.401 e. The van der Waals surface area contributed by atoms with Crippen LogP contribution in [0.3, 0.4) is 0 Å². The minimum Gasteiger partial charge on any atom is -0.270 e. The van der Waals surface area contributed by atoms with Crippen LogP contribution in [-0.2, 0) is 11.3 Å². The fourth-order valence-electron chi connectivity index (χ4n) is 3.35. The van der Waals surface area contributed by atoms with Gasteiger partial charge in [-0.2, -0.15) is 0 Å². The fraction of sp³-hybridized carbons (Fsp3) is 0.647. The van der Waals surface area contributed by atoms with Crippen LogP contribution >= 0.6 is 0 Å². The zero-order chi connectivity index (χ0) is 17.8. The van der Waals surface area contributed by atoms with Crippen LogP contribution < -0.4 is 4.57 Å². The molecule has 1 saturated heterocycles. The number of imide groups is 1. The van der Waals surface area contributed by atoms with Gasteiger partial charge in [-0.05, 0) is 18.8 Å². The van der Waals surface area contributed by atoms with E-state index < -0.39 is 6.04 Å². The van der Waals surface area contributed by atoms with Gasteiger partial charge in [0.1, 0.15) is 11.9 Å². The average Bonchev–Trinajstić information content (AvgIpc) is 2.98. The molecule has 1 aromatic rings. The maximum Gasteiger partial charge on any atom is 0.401 e. The number of amides is 3. The van der Waals surface area contributed by atoms with Crippen LogP contribution in [-0.4, -0.2) is 45.7 Å². The van der Waals surface area contributed by atoms with Gasteiger partial charge in [0.05, 0.1) is 6.54 Å². The van der Waals surface area contributed by atoms with Gasteiger partial charge in [0.15, 0.2) is 0 Å². The third-order valence-electron chi connectivity index (χ3n) is 4.42. The number of hydrogen-bond acceptors (Lipinski definition) is 3. The number of aromatic nitrogens is 2. The van der Waals surface area contributed by atoms with Crippen molar-refractivity contribution in [1.29, 1.82) is 0 Å². The van der Waals surface area contributed by atoms with E-state index in [-0.39, 0.29) is 17.9 Å². The van der Waals surface area contributed by atoms with Crippen LogP contribution in [0.4, 0.5) is 10.7 Å². The van der Waals surface area contributed by atoms with E-state index in [1.807, 2.05) is 31.5 Å². The van der Waals surface area contributed by atoms with Crippen molar-refractivity contribution in [2.75, 3.05) is 13.6 Å². The summed E-state index contributed by atoms with van der Waals surface area (Å²) in [6, 6.07) is -0.824. The summed E-state index contributed by atoms with van der Waals surface area (Å²) in [7, 11) is 1.69. The van der Waals surface area contributed by atoms with Crippen molar-refractivity contribution in [3.63, 3.8) is 0 Å². The molecule has 1 atom stereocenters. The van der Waals surface area contributed by atoms with E-state index in [0.29, 0.717) is 18.3 Å². The summed E-state index contributed by atoms with van der Waals surface area (Å²) in [6.07, 6.45) is 1.97. The first-order valence-corrected chi connectivity index (χ1v) is 8.51. The molecule has 0 radical (unpaired) electrons. The predicted octanol–water partition coefficient (Wildman–Crippen LogP) is 1.87. The highest BCUT2D eigenvalue weighted by Crippen LogP contribution is 2.29. The molecule has 0 spiro atoms. The first-order valence-electron chi connectivity index (χ1n) is 8.51. The first kappa shape index (κ1) is 16.7. The van der Waals surface area contributed by atoms with E-state index in [1.165, 1.54) is 9.80 Å². The molecule has 0 aliphatic carbocycles. The molecular formula is C17H26N5O2+. The normalized spacial score (nSPS) is 20.2. The summed E-state index contributed by atoms with van der Waals surface area (Å²) < 4.78 is 4.03. The second-order valence-corrected chi connectivity index (χ2v) is 7.54. The smallest absolute Gasteiger partial charge is 0.270 e. The van der Waals surface area contributed by atoms with Crippen LogP contribution in [0.5, 0.6) is 0 Å². The van der Waals surface area contributed by atoms with E-state index in [1.54, 1.807) is 7.05 Å². The Labute approximate surface area is 142 Å². The molecule has 24 heavy (non-hydrogen) atoms. The van der Waals surface area contributed by atoms with Crippen LogP contribution in [0, 0.1) is 18.8 Å². The maximum absolute atomic E-state index is 13.0. The van der Waals surface area contributed by atoms with E-state index in [9.17, 15) is 9.59 Å². The number of aliphatic imine (C=N–C) groups is 1. The molecule has 1 fully saturated rings. The van der Waals surface area contributed by atoms with Crippen LogP contribution in [0.15, 0.2) is 11.2 Å². The second-order valence-electron chi connectivity index (χ2n) is 7.54. The monoisotopic (exact) mass is 332 g/mol. The van der Waals surface area contributed by atoms with Gasteiger partial charge < -0.3 is 0 Å². The lowest BCUT2D eigenvalue weighted by Crippen LogP contribution is -2.63. The third-order valence-corrected chi connectivity index (χ3v) is 4.42. The second kappa shape index (κ2) is 5.72. The fourth-order valence-corrected chi connectivity index (χ4v) is 3.35. The Bertz CT molecular complexity index is 732. The van der Waals surface area contributed by atoms with E-state index in [0.717, 1.165) is 18.2 Å². The number of imidazole rings is 1. The minimum absolute atomic E-state index is 0.184. The van der Waals surface area contributed by atoms with Crippen molar-refractivity contribution in [3.05, 3.63) is 11.9 Å². The highest BCUT2D eigenvalue weighted by atomic mass is 16.2. The van der Waals surface area contributed by atoms with Gasteiger partial charge >= 0.3 is 12.0 Å². The van der Waals surface area contributed by atoms with Gasteiger partial charge in [-0.3, -0.25) is 14.6 Å². The number of rotatable bonds is 4. The summed E-state index contributed by atoms with van der Waals surface area (Å²) in [5.41, 5.74) is 1.07. The maximum atomic E-state index is 13.0. The Balaban J connectivity index is 2.05. The minimum atomic E-state index is -0.534. The van der Waals surface area contributed by atoms with Gasteiger partial charge in [0, 0.05) is 13.6 Å². The van der Waals surface area contributed by atoms with Gasteiger partial charge in [-0.1, -0.05) is 32.7 Å². The number of aryl methyl sites for hydroxylation is 1. The number of carbonyl (C=O) groups is 2. The molecule has 1 unspecified atom stereocenters. The molecule has 0 N–H and O–H groups in total. The molecule has 0 aromatic carbocycles. The lowest BCUT2D eigenvalue weighted by Gasteiger charge is -2.33. The molecule has 2 aliphatic heterocycles. The Kier molecular flexibility index (Phi) is 3.97. The van der Waals surface area contributed by atoms with Crippen LogP contribution in [0.2, 0.25) is 0 Å². The van der Waals surface area contributed by atoms with Crippen molar-refractivity contribution in [2.45, 2.75) is 47.2 Å². The van der Waals surface area contributed by atoms with E-state index in [4.69, 9.17) is 0 Å². The Morgan fingerprint density at radius 2 is 1.79 bits per heavy atom. The van der Waals surface area contributed by atoms with E-state index >= 15 is 0 Å². The Hall–Kier alpha value is -2.18. The van der Waals surface area contributed by atoms with Gasteiger partial charge in [-0.25, -0.2) is 13.9 Å². The highest BCUT2D eigenvalue weighted by molar-refractivity contribution is 6.19. The molecule has 2 aliphatic rings. The standard InChI is InChI=1S/C17H26N5O2/c1-10(2)7-20-12(5)9-21-13-14(18-16(20)21)19(6)17(24)22(15(13)23)8-11(3)4/h9-11,13H,7-8H2,1-6H3/q+1. The number of nitrogens with zero attached hydrogens (tertiary/aromatic N) is 5. The molecule has 7 heteroatoms. The lowest BCUT2D eigenvalue weighted by atomic mass is 10.1. The topological polar surface area (TPSA) is 61.8 Å². The number of fused-ring (bicyclic) bond motifs is 3. The summed E-state index contributed by atoms with van der Waals surface area (Å²) >= 11 is 0. The zero-order valence-electron chi connectivity index (χ0n) is 15.3. The third kappa shape index (κ3) is 2.42. The molecule has 1 aromatic heterocycles. The quantitative estimate of drug-likeness (QED) is 0.790. The van der Waals surface area contributed by atoms with Crippen molar-refractivity contribution in [3.8, 4) is 0 Å². The van der Waals surface area contributed by atoms with E-state index in [2.05, 4.69) is 23.4 Å². The first-order chi connectivity index (χ1) is 11.2. The molecule has 0 bridgehead atoms. The van der Waals surface area contributed by atoms with Crippen LogP contribution in [0.25, 0.3) is 0 Å². The predicted molar refractivity (Wildman–Crippen MR) is 90.0 cm³/mol. The average molecular weight is 332 g/mol. The summed E-state index contributed by atoms with van der Waals surface area (Å²) in [5, 5.41) is 0. The zero-order valence-corrected chi connectivity index (χ0v) is 15.3. The SMILES string of the molecule is Cc1c[n+]2c(n1CC(C)C)N=C1C2C(=O)N(CC(C)C)C(=O)N1C. The van der Waals surface area contributed by atoms with Crippen molar-refractivity contribution < 1.29 is 14.2 Å². The highest BCUT2D eigenvalue weighted by Gasteiger charge is 2.53.